The highest BCUT2D eigenvalue weighted by Crippen LogP contribution is 2.31. The smallest absolute Gasteiger partial charge is 0.293 e. The van der Waals surface area contributed by atoms with Crippen LogP contribution in [0.3, 0.4) is 0 Å². The lowest BCUT2D eigenvalue weighted by atomic mass is 10.00. The molecule has 0 radical (unpaired) electrons. The molecule has 8 heteroatoms. The summed E-state index contributed by atoms with van der Waals surface area (Å²) in [6, 6.07) is 4.92. The third kappa shape index (κ3) is 4.99. The van der Waals surface area contributed by atoms with Crippen LogP contribution in [-0.4, -0.2) is 59.2 Å². The molecule has 1 aliphatic heterocycles. The lowest BCUT2D eigenvalue weighted by Gasteiger charge is -2.45. The second-order valence-corrected chi connectivity index (χ2v) is 8.57. The summed E-state index contributed by atoms with van der Waals surface area (Å²) in [6.45, 7) is 10.3. The molecular formula is C20H30N4O4. The molecular weight excluding hydrogens is 360 g/mol. The summed E-state index contributed by atoms with van der Waals surface area (Å²) in [5.41, 5.74) is 0.462. The van der Waals surface area contributed by atoms with E-state index >= 15 is 0 Å². The molecule has 0 bridgehead atoms. The van der Waals surface area contributed by atoms with Gasteiger partial charge in [0, 0.05) is 42.8 Å². The first kappa shape index (κ1) is 20.5. The van der Waals surface area contributed by atoms with Crippen LogP contribution in [0.15, 0.2) is 18.2 Å². The molecule has 3 rings (SSSR count). The Hall–Kier alpha value is -2.19. The SMILES string of the molecule is C[C@H]1CN(C(C)(C)CNC(=O)c2ccc(NC3CC3)c([N+](=O)[O-])c2)C[C@H](C)O1. The summed E-state index contributed by atoms with van der Waals surface area (Å²) in [5.74, 6) is -0.302. The van der Waals surface area contributed by atoms with Crippen molar-refractivity contribution in [2.45, 2.75) is 64.3 Å². The molecule has 1 aromatic rings. The van der Waals surface area contributed by atoms with Gasteiger partial charge in [-0.1, -0.05) is 0 Å². The van der Waals surface area contributed by atoms with Gasteiger partial charge in [0.05, 0.1) is 17.1 Å². The van der Waals surface area contributed by atoms with Crippen LogP contribution in [0.5, 0.6) is 0 Å². The summed E-state index contributed by atoms with van der Waals surface area (Å²) in [5, 5.41) is 17.5. The summed E-state index contributed by atoms with van der Waals surface area (Å²) in [7, 11) is 0. The molecule has 0 spiro atoms. The minimum atomic E-state index is -0.443. The summed E-state index contributed by atoms with van der Waals surface area (Å²) < 4.78 is 5.79. The van der Waals surface area contributed by atoms with Gasteiger partial charge < -0.3 is 15.4 Å². The molecule has 1 saturated heterocycles. The van der Waals surface area contributed by atoms with E-state index in [1.165, 1.54) is 6.07 Å². The number of nitrogens with zero attached hydrogens (tertiary/aromatic N) is 2. The average molecular weight is 390 g/mol. The van der Waals surface area contributed by atoms with Crippen LogP contribution in [-0.2, 0) is 4.74 Å². The van der Waals surface area contributed by atoms with Gasteiger partial charge in [0.2, 0.25) is 0 Å². The number of hydrogen-bond donors (Lipinski definition) is 2. The normalized spacial score (nSPS) is 23.3. The number of nitrogens with one attached hydrogen (secondary N) is 2. The van der Waals surface area contributed by atoms with Crippen LogP contribution in [0, 0.1) is 10.1 Å². The highest BCUT2D eigenvalue weighted by molar-refractivity contribution is 5.95. The number of carbonyl (C=O) groups is 1. The van der Waals surface area contributed by atoms with Crippen molar-refractivity contribution in [1.29, 1.82) is 0 Å². The summed E-state index contributed by atoms with van der Waals surface area (Å²) in [4.78, 5) is 25.9. The van der Waals surface area contributed by atoms with Crippen LogP contribution >= 0.6 is 0 Å². The zero-order valence-electron chi connectivity index (χ0n) is 17.0. The Morgan fingerprint density at radius 2 is 1.93 bits per heavy atom. The topological polar surface area (TPSA) is 96.7 Å². The maximum Gasteiger partial charge on any atom is 0.293 e. The predicted molar refractivity (Wildman–Crippen MR) is 108 cm³/mol. The number of benzene rings is 1. The van der Waals surface area contributed by atoms with Crippen molar-refractivity contribution in [1.82, 2.24) is 10.2 Å². The van der Waals surface area contributed by atoms with Crippen LogP contribution in [0.25, 0.3) is 0 Å². The highest BCUT2D eigenvalue weighted by atomic mass is 16.6. The molecule has 2 atom stereocenters. The van der Waals surface area contributed by atoms with E-state index in [1.54, 1.807) is 12.1 Å². The van der Waals surface area contributed by atoms with Crippen molar-refractivity contribution in [2.75, 3.05) is 25.0 Å². The molecule has 0 unspecified atom stereocenters. The van der Waals surface area contributed by atoms with Crippen LogP contribution in [0.4, 0.5) is 11.4 Å². The van der Waals surface area contributed by atoms with Crippen molar-refractivity contribution in [2.24, 2.45) is 0 Å². The molecule has 1 aromatic carbocycles. The second-order valence-electron chi connectivity index (χ2n) is 8.57. The Morgan fingerprint density at radius 1 is 1.29 bits per heavy atom. The molecule has 8 nitrogen and oxygen atoms in total. The van der Waals surface area contributed by atoms with Crippen molar-refractivity contribution in [3.8, 4) is 0 Å². The predicted octanol–water partition coefficient (Wildman–Crippen LogP) is 2.79. The Morgan fingerprint density at radius 3 is 2.50 bits per heavy atom. The number of hydrogen-bond acceptors (Lipinski definition) is 6. The van der Waals surface area contributed by atoms with Gasteiger partial charge >= 0.3 is 0 Å². The van der Waals surface area contributed by atoms with Gasteiger partial charge in [-0.2, -0.15) is 0 Å². The molecule has 28 heavy (non-hydrogen) atoms. The van der Waals surface area contributed by atoms with Gasteiger partial charge in [-0.15, -0.1) is 0 Å². The Kier molecular flexibility index (Phi) is 5.90. The Balaban J connectivity index is 1.65. The number of rotatable bonds is 7. The van der Waals surface area contributed by atoms with E-state index in [0.717, 1.165) is 25.9 Å². The van der Waals surface area contributed by atoms with Gasteiger partial charge in [0.15, 0.2) is 0 Å². The average Bonchev–Trinajstić information content (AvgIpc) is 3.43. The lowest BCUT2D eigenvalue weighted by molar-refractivity contribution is -0.384. The van der Waals surface area contributed by atoms with Crippen molar-refractivity contribution in [3.63, 3.8) is 0 Å². The largest absolute Gasteiger partial charge is 0.377 e. The maximum absolute atomic E-state index is 12.6. The fourth-order valence-electron chi connectivity index (χ4n) is 3.58. The quantitative estimate of drug-likeness (QED) is 0.549. The van der Waals surface area contributed by atoms with E-state index in [0.29, 0.717) is 23.8 Å². The van der Waals surface area contributed by atoms with Gasteiger partial charge in [-0.25, -0.2) is 0 Å². The number of morpholine rings is 1. The van der Waals surface area contributed by atoms with E-state index in [9.17, 15) is 14.9 Å². The number of carbonyl (C=O) groups excluding carboxylic acids is 1. The van der Waals surface area contributed by atoms with Gasteiger partial charge in [-0.05, 0) is 52.7 Å². The summed E-state index contributed by atoms with van der Waals surface area (Å²) >= 11 is 0. The van der Waals surface area contributed by atoms with Gasteiger partial charge in [0.25, 0.3) is 11.6 Å². The van der Waals surface area contributed by atoms with Crippen LogP contribution < -0.4 is 10.6 Å². The van der Waals surface area contributed by atoms with E-state index in [1.807, 2.05) is 13.8 Å². The molecule has 2 aliphatic rings. The number of anilines is 1. The first-order chi connectivity index (χ1) is 13.2. The second kappa shape index (κ2) is 8.05. The summed E-state index contributed by atoms with van der Waals surface area (Å²) in [6.07, 6.45) is 2.33. The van der Waals surface area contributed by atoms with Gasteiger partial charge in [-0.3, -0.25) is 19.8 Å². The molecule has 1 saturated carbocycles. The zero-order chi connectivity index (χ0) is 20.5. The monoisotopic (exact) mass is 390 g/mol. The molecule has 0 aromatic heterocycles. The standard InChI is InChI=1S/C20H30N4O4/c1-13-10-23(11-14(2)28-13)20(3,4)12-21-19(25)15-5-8-17(22-16-6-7-16)18(9-15)24(26)27/h5,8-9,13-14,16,22H,6-7,10-12H2,1-4H3,(H,21,25)/t13-,14-/m0/s1. The molecule has 2 fully saturated rings. The number of nitro benzene ring substituents is 1. The fraction of sp³-hybridized carbons (Fsp3) is 0.650. The first-order valence-electron chi connectivity index (χ1n) is 9.89. The number of amides is 1. The minimum absolute atomic E-state index is 0.0605. The third-order valence-electron chi connectivity index (χ3n) is 5.35. The Bertz CT molecular complexity index is 738. The molecule has 1 amide bonds. The van der Waals surface area contributed by atoms with Crippen molar-refractivity contribution in [3.05, 3.63) is 33.9 Å². The third-order valence-corrected chi connectivity index (χ3v) is 5.35. The van der Waals surface area contributed by atoms with Crippen LogP contribution in [0.2, 0.25) is 0 Å². The van der Waals surface area contributed by atoms with Crippen molar-refractivity contribution < 1.29 is 14.5 Å². The Labute approximate surface area is 165 Å². The van der Waals surface area contributed by atoms with E-state index in [4.69, 9.17) is 4.74 Å². The van der Waals surface area contributed by atoms with E-state index in [-0.39, 0.29) is 29.3 Å². The zero-order valence-corrected chi connectivity index (χ0v) is 17.0. The maximum atomic E-state index is 12.6. The van der Waals surface area contributed by atoms with E-state index < -0.39 is 4.92 Å². The molecule has 154 valence electrons. The first-order valence-corrected chi connectivity index (χ1v) is 9.89. The minimum Gasteiger partial charge on any atom is -0.377 e. The van der Waals surface area contributed by atoms with Crippen molar-refractivity contribution >= 4 is 17.3 Å². The van der Waals surface area contributed by atoms with Gasteiger partial charge in [0.1, 0.15) is 5.69 Å². The molecule has 2 N–H and O–H groups in total. The molecule has 1 aliphatic carbocycles. The van der Waals surface area contributed by atoms with Crippen LogP contribution in [0.1, 0.15) is 50.9 Å². The highest BCUT2D eigenvalue weighted by Gasteiger charge is 2.33. The number of nitro groups is 1. The van der Waals surface area contributed by atoms with E-state index in [2.05, 4.69) is 29.4 Å². The number of ether oxygens (including phenoxy) is 1. The fourth-order valence-corrected chi connectivity index (χ4v) is 3.58. The molecule has 1 heterocycles. The lowest BCUT2D eigenvalue weighted by Crippen LogP contribution is -2.58.